The average Bonchev–Trinajstić information content (AvgIpc) is 2.35. The quantitative estimate of drug-likeness (QED) is 0.597. The first kappa shape index (κ1) is 8.31. The summed E-state index contributed by atoms with van der Waals surface area (Å²) >= 11 is 0. The number of allylic oxidation sites excluding steroid dienone is 2. The van der Waals surface area contributed by atoms with Gasteiger partial charge in [-0.25, -0.2) is 0 Å². The molecule has 2 nitrogen and oxygen atoms in total. The van der Waals surface area contributed by atoms with Crippen molar-refractivity contribution in [1.29, 1.82) is 0 Å². The van der Waals surface area contributed by atoms with Crippen molar-refractivity contribution in [3.05, 3.63) is 12.2 Å². The summed E-state index contributed by atoms with van der Waals surface area (Å²) in [5.41, 5.74) is 5.32. The third-order valence-electron chi connectivity index (χ3n) is 2.62. The lowest BCUT2D eigenvalue weighted by molar-refractivity contribution is -0.119. The number of carbonyl (C=O) groups excluding carboxylic acids is 1. The number of hydrogen-bond acceptors (Lipinski definition) is 1. The summed E-state index contributed by atoms with van der Waals surface area (Å²) in [7, 11) is 0. The Labute approximate surface area is 67.5 Å². The molecule has 2 N–H and O–H groups in total. The third-order valence-corrected chi connectivity index (χ3v) is 2.62. The molecule has 0 aromatic heterocycles. The molecule has 2 unspecified atom stereocenters. The van der Waals surface area contributed by atoms with Gasteiger partial charge in [-0.15, -0.1) is 0 Å². The monoisotopic (exact) mass is 153 g/mol. The molecule has 0 heterocycles. The lowest BCUT2D eigenvalue weighted by Crippen LogP contribution is -2.16. The zero-order valence-electron chi connectivity index (χ0n) is 7.29. The standard InChI is InChI=1S/C9H15NO/c1-4-5-6-7(8(10)11)9(6,2)3/h4-7H,1-3H3,(H2,10,11). The Bertz CT molecular complexity index is 206. The van der Waals surface area contributed by atoms with Crippen LogP contribution in [0.3, 0.4) is 0 Å². The van der Waals surface area contributed by atoms with E-state index in [2.05, 4.69) is 19.9 Å². The second-order valence-corrected chi connectivity index (χ2v) is 3.75. The van der Waals surface area contributed by atoms with Crippen LogP contribution in [-0.4, -0.2) is 5.91 Å². The van der Waals surface area contributed by atoms with Gasteiger partial charge in [-0.3, -0.25) is 4.79 Å². The first-order chi connectivity index (χ1) is 5.01. The van der Waals surface area contributed by atoms with Crippen LogP contribution in [0, 0.1) is 17.3 Å². The number of rotatable bonds is 2. The third kappa shape index (κ3) is 1.17. The summed E-state index contributed by atoms with van der Waals surface area (Å²) in [5.74, 6) is 0.252. The molecule has 2 heteroatoms. The van der Waals surface area contributed by atoms with Gasteiger partial charge >= 0.3 is 0 Å². The Morgan fingerprint density at radius 3 is 2.36 bits per heavy atom. The van der Waals surface area contributed by atoms with Crippen LogP contribution >= 0.6 is 0 Å². The molecule has 2 atom stereocenters. The van der Waals surface area contributed by atoms with E-state index in [4.69, 9.17) is 5.73 Å². The van der Waals surface area contributed by atoms with Crippen molar-refractivity contribution in [3.8, 4) is 0 Å². The van der Waals surface area contributed by atoms with Gasteiger partial charge in [-0.05, 0) is 18.3 Å². The summed E-state index contributed by atoms with van der Waals surface area (Å²) in [6.07, 6.45) is 4.05. The maximum Gasteiger partial charge on any atom is 0.221 e. The SMILES string of the molecule is CC=CC1C(C(N)=O)C1(C)C. The fraction of sp³-hybridized carbons (Fsp3) is 0.667. The van der Waals surface area contributed by atoms with Gasteiger partial charge in [0.1, 0.15) is 0 Å². The second kappa shape index (κ2) is 2.36. The van der Waals surface area contributed by atoms with Crippen molar-refractivity contribution in [2.45, 2.75) is 20.8 Å². The minimum atomic E-state index is -0.168. The second-order valence-electron chi connectivity index (χ2n) is 3.75. The van der Waals surface area contributed by atoms with Gasteiger partial charge < -0.3 is 5.73 Å². The van der Waals surface area contributed by atoms with Crippen LogP contribution < -0.4 is 5.73 Å². The number of nitrogens with two attached hydrogens (primary N) is 1. The van der Waals surface area contributed by atoms with E-state index in [0.29, 0.717) is 5.92 Å². The summed E-state index contributed by atoms with van der Waals surface area (Å²) in [5, 5.41) is 0. The lowest BCUT2D eigenvalue weighted by Gasteiger charge is -1.96. The van der Waals surface area contributed by atoms with E-state index < -0.39 is 0 Å². The highest BCUT2D eigenvalue weighted by molar-refractivity contribution is 5.81. The maximum atomic E-state index is 10.9. The van der Waals surface area contributed by atoms with E-state index in [0.717, 1.165) is 0 Å². The number of amides is 1. The van der Waals surface area contributed by atoms with Crippen LogP contribution in [0.5, 0.6) is 0 Å². The normalized spacial score (nSPS) is 34.1. The summed E-state index contributed by atoms with van der Waals surface area (Å²) in [6, 6.07) is 0. The van der Waals surface area contributed by atoms with Crippen LogP contribution in [0.1, 0.15) is 20.8 Å². The molecule has 0 spiro atoms. The number of hydrogen-bond donors (Lipinski definition) is 1. The molecule has 1 amide bonds. The lowest BCUT2D eigenvalue weighted by atomic mass is 10.1. The molecule has 62 valence electrons. The molecule has 0 aromatic rings. The smallest absolute Gasteiger partial charge is 0.221 e. The van der Waals surface area contributed by atoms with E-state index in [1.165, 1.54) is 0 Å². The Kier molecular flexibility index (Phi) is 1.78. The fourth-order valence-corrected chi connectivity index (χ4v) is 1.79. The van der Waals surface area contributed by atoms with Gasteiger partial charge in [-0.2, -0.15) is 0 Å². The minimum absolute atomic E-state index is 0.0544. The first-order valence-corrected chi connectivity index (χ1v) is 3.94. The van der Waals surface area contributed by atoms with Gasteiger partial charge in [0.25, 0.3) is 0 Å². The topological polar surface area (TPSA) is 43.1 Å². The van der Waals surface area contributed by atoms with E-state index in [1.807, 2.05) is 13.0 Å². The number of carbonyl (C=O) groups is 1. The van der Waals surface area contributed by atoms with Gasteiger partial charge in [0.05, 0.1) is 5.92 Å². The minimum Gasteiger partial charge on any atom is -0.369 e. The highest BCUT2D eigenvalue weighted by atomic mass is 16.1. The Morgan fingerprint density at radius 2 is 2.09 bits per heavy atom. The van der Waals surface area contributed by atoms with E-state index in [-0.39, 0.29) is 17.2 Å². The Morgan fingerprint density at radius 1 is 1.55 bits per heavy atom. The van der Waals surface area contributed by atoms with Crippen molar-refractivity contribution >= 4 is 5.91 Å². The van der Waals surface area contributed by atoms with Crippen molar-refractivity contribution in [1.82, 2.24) is 0 Å². The van der Waals surface area contributed by atoms with Crippen LogP contribution in [0.25, 0.3) is 0 Å². The molecule has 1 fully saturated rings. The van der Waals surface area contributed by atoms with Gasteiger partial charge in [0.15, 0.2) is 0 Å². The molecule has 0 radical (unpaired) electrons. The van der Waals surface area contributed by atoms with Crippen LogP contribution in [0.4, 0.5) is 0 Å². The van der Waals surface area contributed by atoms with Crippen molar-refractivity contribution < 1.29 is 4.79 Å². The molecule has 0 bridgehead atoms. The maximum absolute atomic E-state index is 10.9. The van der Waals surface area contributed by atoms with Crippen LogP contribution in [0.15, 0.2) is 12.2 Å². The zero-order chi connectivity index (χ0) is 8.65. The van der Waals surface area contributed by atoms with Crippen molar-refractivity contribution in [3.63, 3.8) is 0 Å². The Hall–Kier alpha value is -0.790. The fourth-order valence-electron chi connectivity index (χ4n) is 1.79. The molecule has 1 rings (SSSR count). The summed E-state index contributed by atoms with van der Waals surface area (Å²) in [4.78, 5) is 10.9. The van der Waals surface area contributed by atoms with Gasteiger partial charge in [0, 0.05) is 0 Å². The number of primary amides is 1. The van der Waals surface area contributed by atoms with Crippen LogP contribution in [-0.2, 0) is 4.79 Å². The van der Waals surface area contributed by atoms with Crippen LogP contribution in [0.2, 0.25) is 0 Å². The zero-order valence-corrected chi connectivity index (χ0v) is 7.29. The molecule has 0 saturated heterocycles. The molecule has 11 heavy (non-hydrogen) atoms. The molecular weight excluding hydrogens is 138 g/mol. The summed E-state index contributed by atoms with van der Waals surface area (Å²) < 4.78 is 0. The Balaban J connectivity index is 2.68. The predicted molar refractivity (Wildman–Crippen MR) is 44.8 cm³/mol. The highest BCUT2D eigenvalue weighted by Gasteiger charge is 2.59. The highest BCUT2D eigenvalue weighted by Crippen LogP contribution is 2.58. The van der Waals surface area contributed by atoms with Crippen molar-refractivity contribution in [2.24, 2.45) is 23.0 Å². The van der Waals surface area contributed by atoms with Gasteiger partial charge in [-0.1, -0.05) is 26.0 Å². The largest absolute Gasteiger partial charge is 0.369 e. The van der Waals surface area contributed by atoms with E-state index in [9.17, 15) is 4.79 Å². The average molecular weight is 153 g/mol. The molecule has 0 aliphatic heterocycles. The molecular formula is C9H15NO. The van der Waals surface area contributed by atoms with Gasteiger partial charge in [0.2, 0.25) is 5.91 Å². The molecule has 1 aliphatic rings. The predicted octanol–water partition coefficient (Wildman–Crippen LogP) is 1.32. The van der Waals surface area contributed by atoms with E-state index >= 15 is 0 Å². The molecule has 1 saturated carbocycles. The molecule has 0 aromatic carbocycles. The first-order valence-electron chi connectivity index (χ1n) is 3.94. The van der Waals surface area contributed by atoms with Crippen molar-refractivity contribution in [2.75, 3.05) is 0 Å². The summed E-state index contributed by atoms with van der Waals surface area (Å²) in [6.45, 7) is 6.12. The van der Waals surface area contributed by atoms with E-state index in [1.54, 1.807) is 0 Å². The molecule has 1 aliphatic carbocycles.